The Morgan fingerprint density at radius 1 is 1.16 bits per heavy atom. The van der Waals surface area contributed by atoms with Gasteiger partial charge in [0.25, 0.3) is 5.91 Å². The van der Waals surface area contributed by atoms with Crippen molar-refractivity contribution in [2.24, 2.45) is 0 Å². The van der Waals surface area contributed by atoms with Gasteiger partial charge in [-0.25, -0.2) is 4.79 Å². The molecule has 1 fully saturated rings. The third kappa shape index (κ3) is 4.61. The smallest absolute Gasteiger partial charge is 0.339 e. The SMILES string of the molecule is COC(=O)c1cncc(OCC2CN(C(=O)c3cc4cc(OC)ccc4o3)CCO2)c1. The zero-order chi connectivity index (χ0) is 21.8. The zero-order valence-electron chi connectivity index (χ0n) is 17.2. The van der Waals surface area contributed by atoms with Crippen molar-refractivity contribution in [3.63, 3.8) is 0 Å². The molecule has 1 aromatic carbocycles. The van der Waals surface area contributed by atoms with Crippen LogP contribution in [0.15, 0.2) is 47.1 Å². The highest BCUT2D eigenvalue weighted by molar-refractivity contribution is 5.96. The molecule has 2 aromatic heterocycles. The third-order valence-corrected chi connectivity index (χ3v) is 4.93. The van der Waals surface area contributed by atoms with Crippen LogP contribution in [0.25, 0.3) is 11.0 Å². The van der Waals surface area contributed by atoms with Crippen LogP contribution in [-0.4, -0.2) is 68.4 Å². The molecule has 4 rings (SSSR count). The number of amides is 1. The molecule has 1 aliphatic rings. The zero-order valence-corrected chi connectivity index (χ0v) is 17.2. The number of furan rings is 1. The molecular formula is C22H22N2O7. The quantitative estimate of drug-likeness (QED) is 0.555. The molecule has 0 bridgehead atoms. The number of carbonyl (C=O) groups is 2. The fourth-order valence-corrected chi connectivity index (χ4v) is 3.33. The lowest BCUT2D eigenvalue weighted by Crippen LogP contribution is -2.47. The van der Waals surface area contributed by atoms with Crippen LogP contribution in [0, 0.1) is 0 Å². The molecule has 9 nitrogen and oxygen atoms in total. The topological polar surface area (TPSA) is 100 Å². The number of esters is 1. The summed E-state index contributed by atoms with van der Waals surface area (Å²) in [4.78, 5) is 30.2. The molecule has 3 aromatic rings. The second kappa shape index (κ2) is 9.05. The predicted molar refractivity (Wildman–Crippen MR) is 109 cm³/mol. The summed E-state index contributed by atoms with van der Waals surface area (Å²) >= 11 is 0. The fraction of sp³-hybridized carbons (Fsp3) is 0.318. The molecule has 0 saturated carbocycles. The molecule has 162 valence electrons. The maximum atomic E-state index is 12.9. The minimum Gasteiger partial charge on any atom is -0.497 e. The molecule has 0 aliphatic carbocycles. The van der Waals surface area contributed by atoms with Gasteiger partial charge in [-0.3, -0.25) is 9.78 Å². The van der Waals surface area contributed by atoms with E-state index in [4.69, 9.17) is 18.6 Å². The molecule has 0 radical (unpaired) electrons. The van der Waals surface area contributed by atoms with Gasteiger partial charge in [-0.15, -0.1) is 0 Å². The van der Waals surface area contributed by atoms with E-state index in [1.165, 1.54) is 19.5 Å². The summed E-state index contributed by atoms with van der Waals surface area (Å²) in [5, 5.41) is 0.800. The van der Waals surface area contributed by atoms with Gasteiger partial charge in [-0.05, 0) is 30.3 Å². The van der Waals surface area contributed by atoms with Gasteiger partial charge in [-0.1, -0.05) is 0 Å². The number of fused-ring (bicyclic) bond motifs is 1. The number of benzene rings is 1. The Morgan fingerprint density at radius 2 is 2.03 bits per heavy atom. The number of hydrogen-bond donors (Lipinski definition) is 0. The van der Waals surface area contributed by atoms with E-state index >= 15 is 0 Å². The highest BCUT2D eigenvalue weighted by Crippen LogP contribution is 2.25. The lowest BCUT2D eigenvalue weighted by molar-refractivity contribution is -0.0408. The molecule has 1 saturated heterocycles. The van der Waals surface area contributed by atoms with Crippen molar-refractivity contribution < 1.29 is 33.0 Å². The number of methoxy groups -OCH3 is 2. The summed E-state index contributed by atoms with van der Waals surface area (Å²) in [6, 6.07) is 8.64. The van der Waals surface area contributed by atoms with Gasteiger partial charge >= 0.3 is 5.97 Å². The summed E-state index contributed by atoms with van der Waals surface area (Å²) in [5.74, 6) is 0.674. The number of pyridine rings is 1. The van der Waals surface area contributed by atoms with Crippen LogP contribution < -0.4 is 9.47 Å². The first-order valence-corrected chi connectivity index (χ1v) is 9.72. The highest BCUT2D eigenvalue weighted by atomic mass is 16.5. The van der Waals surface area contributed by atoms with Crippen molar-refractivity contribution in [1.82, 2.24) is 9.88 Å². The number of ether oxygens (including phenoxy) is 4. The molecule has 1 atom stereocenters. The molecule has 9 heteroatoms. The van der Waals surface area contributed by atoms with E-state index in [1.54, 1.807) is 36.3 Å². The number of nitrogens with zero attached hydrogens (tertiary/aromatic N) is 2. The standard InChI is InChI=1S/C22H22N2O7/c1-27-16-3-4-19-14(7-16)9-20(31-19)21(25)24-5-6-29-18(12-24)13-30-17-8-15(10-23-11-17)22(26)28-2/h3-4,7-11,18H,5-6,12-13H2,1-2H3. The second-order valence-corrected chi connectivity index (χ2v) is 6.97. The summed E-state index contributed by atoms with van der Waals surface area (Å²) in [7, 11) is 2.89. The third-order valence-electron chi connectivity index (χ3n) is 4.93. The van der Waals surface area contributed by atoms with Gasteiger partial charge in [0.05, 0.1) is 39.1 Å². The van der Waals surface area contributed by atoms with Crippen LogP contribution in [0.4, 0.5) is 0 Å². The number of carbonyl (C=O) groups excluding carboxylic acids is 2. The Kier molecular flexibility index (Phi) is 6.03. The van der Waals surface area contributed by atoms with E-state index in [-0.39, 0.29) is 24.4 Å². The Morgan fingerprint density at radius 3 is 2.84 bits per heavy atom. The van der Waals surface area contributed by atoms with Crippen molar-refractivity contribution in [2.75, 3.05) is 40.5 Å². The summed E-state index contributed by atoms with van der Waals surface area (Å²) in [5.41, 5.74) is 0.915. The first-order chi connectivity index (χ1) is 15.1. The van der Waals surface area contributed by atoms with Gasteiger partial charge in [0.15, 0.2) is 5.76 Å². The van der Waals surface area contributed by atoms with E-state index in [0.717, 1.165) is 5.39 Å². The lowest BCUT2D eigenvalue weighted by atomic mass is 10.2. The van der Waals surface area contributed by atoms with Gasteiger partial charge in [0, 0.05) is 18.1 Å². The summed E-state index contributed by atoms with van der Waals surface area (Å²) in [6.07, 6.45) is 2.57. The van der Waals surface area contributed by atoms with Crippen molar-refractivity contribution in [1.29, 1.82) is 0 Å². The Balaban J connectivity index is 1.39. The highest BCUT2D eigenvalue weighted by Gasteiger charge is 2.27. The maximum absolute atomic E-state index is 12.9. The molecule has 31 heavy (non-hydrogen) atoms. The molecular weight excluding hydrogens is 404 g/mol. The molecule has 0 spiro atoms. The Bertz CT molecular complexity index is 1090. The van der Waals surface area contributed by atoms with Crippen molar-refractivity contribution in [3.8, 4) is 11.5 Å². The van der Waals surface area contributed by atoms with Gasteiger partial charge in [0.2, 0.25) is 0 Å². The average molecular weight is 426 g/mol. The Labute approximate surface area is 178 Å². The van der Waals surface area contributed by atoms with Gasteiger partial charge < -0.3 is 28.3 Å². The lowest BCUT2D eigenvalue weighted by Gasteiger charge is -2.32. The van der Waals surface area contributed by atoms with E-state index in [0.29, 0.717) is 42.3 Å². The van der Waals surface area contributed by atoms with Crippen LogP contribution in [-0.2, 0) is 9.47 Å². The first-order valence-electron chi connectivity index (χ1n) is 9.72. The van der Waals surface area contributed by atoms with E-state index in [2.05, 4.69) is 9.72 Å². The maximum Gasteiger partial charge on any atom is 0.339 e. The first kappa shape index (κ1) is 20.7. The monoisotopic (exact) mass is 426 g/mol. The number of rotatable bonds is 6. The van der Waals surface area contributed by atoms with Gasteiger partial charge in [-0.2, -0.15) is 0 Å². The Hall–Kier alpha value is -3.59. The number of aromatic nitrogens is 1. The molecule has 3 heterocycles. The number of hydrogen-bond acceptors (Lipinski definition) is 8. The van der Waals surface area contributed by atoms with Crippen LogP contribution in [0.5, 0.6) is 11.5 Å². The van der Waals surface area contributed by atoms with Crippen molar-refractivity contribution in [3.05, 3.63) is 54.0 Å². The van der Waals surface area contributed by atoms with Crippen LogP contribution >= 0.6 is 0 Å². The fourth-order valence-electron chi connectivity index (χ4n) is 3.33. The molecule has 1 unspecified atom stereocenters. The average Bonchev–Trinajstić information content (AvgIpc) is 3.25. The minimum atomic E-state index is -0.493. The summed E-state index contributed by atoms with van der Waals surface area (Å²) in [6.45, 7) is 1.39. The summed E-state index contributed by atoms with van der Waals surface area (Å²) < 4.78 is 27.1. The van der Waals surface area contributed by atoms with Crippen molar-refractivity contribution >= 4 is 22.8 Å². The van der Waals surface area contributed by atoms with Crippen LogP contribution in [0.3, 0.4) is 0 Å². The number of morpholine rings is 1. The van der Waals surface area contributed by atoms with Crippen molar-refractivity contribution in [2.45, 2.75) is 6.10 Å². The normalized spacial score (nSPS) is 16.2. The molecule has 0 N–H and O–H groups in total. The van der Waals surface area contributed by atoms with E-state index in [1.807, 2.05) is 6.07 Å². The van der Waals surface area contributed by atoms with E-state index < -0.39 is 5.97 Å². The molecule has 1 aliphatic heterocycles. The van der Waals surface area contributed by atoms with Crippen LogP contribution in [0.2, 0.25) is 0 Å². The van der Waals surface area contributed by atoms with E-state index in [9.17, 15) is 9.59 Å². The van der Waals surface area contributed by atoms with Crippen LogP contribution in [0.1, 0.15) is 20.9 Å². The second-order valence-electron chi connectivity index (χ2n) is 6.97. The minimum absolute atomic E-state index is 0.202. The molecule has 1 amide bonds. The largest absolute Gasteiger partial charge is 0.497 e. The van der Waals surface area contributed by atoms with Gasteiger partial charge in [0.1, 0.15) is 29.8 Å². The predicted octanol–water partition coefficient (Wildman–Crippen LogP) is 2.54.